The largest absolute Gasteiger partial charge is 0.489 e. The lowest BCUT2D eigenvalue weighted by Gasteiger charge is -2.32. The topological polar surface area (TPSA) is 102 Å². The molecular weight excluding hydrogens is 458 g/mol. The van der Waals surface area contributed by atoms with Crippen LogP contribution < -0.4 is 10.1 Å². The molecule has 1 aliphatic rings. The average molecular weight is 477 g/mol. The summed E-state index contributed by atoms with van der Waals surface area (Å²) in [5, 5.41) is 10.4. The van der Waals surface area contributed by atoms with Gasteiger partial charge in [0.05, 0.1) is 29.6 Å². The number of halogens is 3. The van der Waals surface area contributed by atoms with Crippen LogP contribution in [0.5, 0.6) is 5.75 Å². The minimum absolute atomic E-state index is 0.0633. The Labute approximate surface area is 192 Å². The van der Waals surface area contributed by atoms with Crippen LogP contribution in [0.2, 0.25) is 5.02 Å². The summed E-state index contributed by atoms with van der Waals surface area (Å²) in [4.78, 5) is 30.4. The molecule has 0 atom stereocenters. The van der Waals surface area contributed by atoms with Crippen molar-refractivity contribution in [3.8, 4) is 11.4 Å². The van der Waals surface area contributed by atoms with Crippen molar-refractivity contribution in [3.05, 3.63) is 65.2 Å². The highest BCUT2D eigenvalue weighted by Crippen LogP contribution is 2.21. The van der Waals surface area contributed by atoms with Crippen LogP contribution in [0, 0.1) is 11.6 Å². The van der Waals surface area contributed by atoms with E-state index in [-0.39, 0.29) is 29.9 Å². The van der Waals surface area contributed by atoms with Crippen LogP contribution in [0.4, 0.5) is 8.78 Å². The van der Waals surface area contributed by atoms with E-state index in [1.165, 1.54) is 12.4 Å². The number of piperidine rings is 1. The second-order valence-electron chi connectivity index (χ2n) is 7.40. The van der Waals surface area contributed by atoms with Gasteiger partial charge in [0.25, 0.3) is 5.91 Å². The maximum Gasteiger partial charge on any atom is 0.273 e. The molecule has 2 aromatic heterocycles. The van der Waals surface area contributed by atoms with Crippen LogP contribution in [-0.4, -0.2) is 62.4 Å². The van der Waals surface area contributed by atoms with Gasteiger partial charge in [0.15, 0.2) is 5.69 Å². The Morgan fingerprint density at radius 2 is 1.85 bits per heavy atom. The second-order valence-corrected chi connectivity index (χ2v) is 7.83. The van der Waals surface area contributed by atoms with E-state index in [1.54, 1.807) is 17.2 Å². The van der Waals surface area contributed by atoms with Crippen LogP contribution in [0.3, 0.4) is 0 Å². The number of hydrogen-bond acceptors (Lipinski definition) is 6. The Morgan fingerprint density at radius 3 is 2.55 bits per heavy atom. The number of rotatable bonds is 6. The molecule has 0 unspecified atom stereocenters. The predicted molar refractivity (Wildman–Crippen MR) is 113 cm³/mol. The van der Waals surface area contributed by atoms with Crippen LogP contribution in [0.15, 0.2) is 42.9 Å². The van der Waals surface area contributed by atoms with E-state index in [1.807, 2.05) is 0 Å². The van der Waals surface area contributed by atoms with E-state index in [2.05, 4.69) is 20.6 Å². The molecule has 12 heteroatoms. The van der Waals surface area contributed by atoms with Crippen LogP contribution in [0.1, 0.15) is 23.3 Å². The summed E-state index contributed by atoms with van der Waals surface area (Å²) in [6.45, 7) is 0.743. The first-order valence-corrected chi connectivity index (χ1v) is 10.5. The highest BCUT2D eigenvalue weighted by atomic mass is 35.5. The molecule has 4 rings (SSSR count). The van der Waals surface area contributed by atoms with E-state index >= 15 is 0 Å². The molecule has 1 N–H and O–H groups in total. The van der Waals surface area contributed by atoms with Crippen molar-refractivity contribution in [2.75, 3.05) is 19.6 Å². The molecule has 0 radical (unpaired) electrons. The number of aromatic nitrogens is 4. The van der Waals surface area contributed by atoms with Crippen molar-refractivity contribution in [2.24, 2.45) is 0 Å². The van der Waals surface area contributed by atoms with Gasteiger partial charge in [0, 0.05) is 44.3 Å². The first-order valence-electron chi connectivity index (χ1n) is 10.1. The van der Waals surface area contributed by atoms with E-state index in [9.17, 15) is 18.4 Å². The van der Waals surface area contributed by atoms with Gasteiger partial charge in [-0.3, -0.25) is 14.6 Å². The smallest absolute Gasteiger partial charge is 0.273 e. The molecule has 1 fully saturated rings. The molecule has 0 aliphatic carbocycles. The summed E-state index contributed by atoms with van der Waals surface area (Å²) in [7, 11) is 0. The molecule has 172 valence electrons. The molecule has 3 aromatic rings. The number of ether oxygens (including phenoxy) is 1. The third-order valence-electron chi connectivity index (χ3n) is 5.02. The van der Waals surface area contributed by atoms with Gasteiger partial charge >= 0.3 is 0 Å². The molecule has 3 heterocycles. The highest BCUT2D eigenvalue weighted by molar-refractivity contribution is 6.30. The Balaban J connectivity index is 1.25. The quantitative estimate of drug-likeness (QED) is 0.586. The lowest BCUT2D eigenvalue weighted by molar-refractivity contribution is -0.131. The molecule has 0 saturated carbocycles. The van der Waals surface area contributed by atoms with E-state index in [0.29, 0.717) is 36.7 Å². The fraction of sp³-hybridized carbons (Fsp3) is 0.286. The van der Waals surface area contributed by atoms with Crippen LogP contribution in [0.25, 0.3) is 5.69 Å². The van der Waals surface area contributed by atoms with Crippen molar-refractivity contribution in [3.63, 3.8) is 0 Å². The number of carbonyl (C=O) groups excluding carboxylic acids is 2. The van der Waals surface area contributed by atoms with Gasteiger partial charge in [-0.2, -0.15) is 0 Å². The third kappa shape index (κ3) is 5.80. The van der Waals surface area contributed by atoms with Crippen LogP contribution in [-0.2, 0) is 4.79 Å². The van der Waals surface area contributed by atoms with Crippen molar-refractivity contribution in [1.29, 1.82) is 0 Å². The molecule has 0 bridgehead atoms. The molecule has 9 nitrogen and oxygen atoms in total. The number of hydrogen-bond donors (Lipinski definition) is 1. The Bertz CT molecular complexity index is 1150. The van der Waals surface area contributed by atoms with E-state index in [4.69, 9.17) is 16.3 Å². The number of amides is 2. The van der Waals surface area contributed by atoms with E-state index < -0.39 is 17.5 Å². The highest BCUT2D eigenvalue weighted by Gasteiger charge is 2.24. The fourth-order valence-corrected chi connectivity index (χ4v) is 3.56. The monoisotopic (exact) mass is 476 g/mol. The molecule has 1 aromatic carbocycles. The van der Waals surface area contributed by atoms with Gasteiger partial charge < -0.3 is 15.0 Å². The Kier molecular flexibility index (Phi) is 6.78. The number of likely N-dealkylation sites (tertiary alicyclic amines) is 1. The number of benzene rings is 1. The number of nitrogens with zero attached hydrogens (tertiary/aromatic N) is 5. The maximum absolute atomic E-state index is 13.4. The molecule has 33 heavy (non-hydrogen) atoms. The Hall–Kier alpha value is -3.60. The zero-order valence-corrected chi connectivity index (χ0v) is 18.0. The van der Waals surface area contributed by atoms with E-state index in [0.717, 1.165) is 22.9 Å². The minimum atomic E-state index is -0.782. The molecule has 1 aliphatic heterocycles. The maximum atomic E-state index is 13.4. The normalized spacial score (nSPS) is 14.2. The fourth-order valence-electron chi connectivity index (χ4n) is 3.40. The summed E-state index contributed by atoms with van der Waals surface area (Å²) in [6.07, 6.45) is 5.52. The number of pyridine rings is 1. The van der Waals surface area contributed by atoms with Gasteiger partial charge in [-0.25, -0.2) is 13.5 Å². The lowest BCUT2D eigenvalue weighted by Crippen LogP contribution is -2.46. The summed E-state index contributed by atoms with van der Waals surface area (Å²) < 4.78 is 33.7. The molecular formula is C21H19ClF2N6O3. The average Bonchev–Trinajstić information content (AvgIpc) is 3.28. The lowest BCUT2D eigenvalue weighted by atomic mass is 10.1. The molecule has 1 saturated heterocycles. The summed E-state index contributed by atoms with van der Waals surface area (Å²) in [5.41, 5.74) is -0.0107. The summed E-state index contributed by atoms with van der Waals surface area (Å²) in [6, 6.07) is 4.52. The van der Waals surface area contributed by atoms with Crippen molar-refractivity contribution in [1.82, 2.24) is 30.2 Å². The second kappa shape index (κ2) is 9.90. The van der Waals surface area contributed by atoms with Gasteiger partial charge in [-0.15, -0.1) is 5.10 Å². The zero-order chi connectivity index (χ0) is 23.4. The van der Waals surface area contributed by atoms with Gasteiger partial charge in [0.1, 0.15) is 23.5 Å². The van der Waals surface area contributed by atoms with Crippen molar-refractivity contribution in [2.45, 2.75) is 18.9 Å². The molecule has 2 amide bonds. The minimum Gasteiger partial charge on any atom is -0.489 e. The number of carbonyl (C=O) groups is 2. The SMILES string of the molecule is O=C(NCC(=O)N1CCC(Oc2cncc(Cl)c2)CC1)c1cn(-c2cc(F)cc(F)c2)nn1. The first kappa shape index (κ1) is 22.6. The standard InChI is InChI=1S/C21H19ClF2N6O3/c22-13-5-18(10-25-9-13)33-17-1-3-29(4-2-17)20(31)11-26-21(32)19-12-30(28-27-19)16-7-14(23)6-15(24)8-16/h5-10,12,17H,1-4,11H2,(H,26,32). The molecule has 0 spiro atoms. The van der Waals surface area contributed by atoms with Crippen molar-refractivity contribution >= 4 is 23.4 Å². The summed E-state index contributed by atoms with van der Waals surface area (Å²) >= 11 is 5.91. The van der Waals surface area contributed by atoms with Crippen LogP contribution >= 0.6 is 11.6 Å². The first-order chi connectivity index (χ1) is 15.9. The zero-order valence-electron chi connectivity index (χ0n) is 17.2. The third-order valence-corrected chi connectivity index (χ3v) is 5.22. The van der Waals surface area contributed by atoms with Gasteiger partial charge in [0.2, 0.25) is 5.91 Å². The van der Waals surface area contributed by atoms with Gasteiger partial charge in [-0.05, 0) is 12.1 Å². The summed E-state index contributed by atoms with van der Waals surface area (Å²) in [5.74, 6) is -1.86. The number of nitrogens with one attached hydrogen (secondary N) is 1. The van der Waals surface area contributed by atoms with Gasteiger partial charge in [-0.1, -0.05) is 16.8 Å². The van der Waals surface area contributed by atoms with Crippen molar-refractivity contribution < 1.29 is 23.1 Å². The predicted octanol–water partition coefficient (Wildman–Crippen LogP) is 2.39. The Morgan fingerprint density at radius 1 is 1.12 bits per heavy atom.